The van der Waals surface area contributed by atoms with Crippen molar-refractivity contribution in [2.24, 2.45) is 5.92 Å². The van der Waals surface area contributed by atoms with E-state index in [0.717, 1.165) is 18.9 Å². The fourth-order valence-electron chi connectivity index (χ4n) is 2.28. The van der Waals surface area contributed by atoms with Gasteiger partial charge in [-0.3, -0.25) is 0 Å². The lowest BCUT2D eigenvalue weighted by atomic mass is 10.1. The lowest BCUT2D eigenvalue weighted by molar-refractivity contribution is 0.0526. The summed E-state index contributed by atoms with van der Waals surface area (Å²) in [4.78, 5) is 18.0. The molecule has 1 unspecified atom stereocenters. The predicted molar refractivity (Wildman–Crippen MR) is 74.3 cm³/mol. The zero-order valence-corrected chi connectivity index (χ0v) is 11.6. The van der Waals surface area contributed by atoms with Crippen LogP contribution in [-0.4, -0.2) is 49.1 Å². The van der Waals surface area contributed by atoms with Gasteiger partial charge in [0.1, 0.15) is 5.82 Å². The van der Waals surface area contributed by atoms with Crippen LogP contribution >= 0.6 is 0 Å². The molecule has 1 atom stereocenters. The number of carbonyl (C=O) groups is 1. The van der Waals surface area contributed by atoms with Gasteiger partial charge in [-0.2, -0.15) is 0 Å². The van der Waals surface area contributed by atoms with Crippen molar-refractivity contribution in [1.29, 1.82) is 0 Å². The first-order valence-electron chi connectivity index (χ1n) is 6.74. The van der Waals surface area contributed by atoms with Crippen LogP contribution < -0.4 is 5.32 Å². The first kappa shape index (κ1) is 13.8. The van der Waals surface area contributed by atoms with Gasteiger partial charge < -0.3 is 15.0 Å². The van der Waals surface area contributed by atoms with Gasteiger partial charge in [-0.25, -0.2) is 9.78 Å². The SMILES string of the molecule is CCOC(=O)c1ccc(NCC2CCN(C)C2)nc1. The summed E-state index contributed by atoms with van der Waals surface area (Å²) in [5.74, 6) is 1.16. The topological polar surface area (TPSA) is 54.5 Å². The summed E-state index contributed by atoms with van der Waals surface area (Å²) >= 11 is 0. The van der Waals surface area contributed by atoms with Gasteiger partial charge in [-0.15, -0.1) is 0 Å². The molecule has 1 saturated heterocycles. The van der Waals surface area contributed by atoms with Gasteiger partial charge in [-0.1, -0.05) is 0 Å². The Hall–Kier alpha value is -1.62. The zero-order valence-electron chi connectivity index (χ0n) is 11.6. The average Bonchev–Trinajstić information content (AvgIpc) is 2.83. The number of likely N-dealkylation sites (tertiary alicyclic amines) is 1. The summed E-state index contributed by atoms with van der Waals surface area (Å²) in [5.41, 5.74) is 0.494. The summed E-state index contributed by atoms with van der Waals surface area (Å²) in [7, 11) is 2.15. The molecule has 5 nitrogen and oxygen atoms in total. The lowest BCUT2D eigenvalue weighted by Crippen LogP contribution is -2.19. The van der Waals surface area contributed by atoms with E-state index in [-0.39, 0.29) is 5.97 Å². The molecule has 0 bridgehead atoms. The van der Waals surface area contributed by atoms with Gasteiger partial charge >= 0.3 is 5.97 Å². The van der Waals surface area contributed by atoms with Gasteiger partial charge in [0.15, 0.2) is 0 Å². The van der Waals surface area contributed by atoms with E-state index in [9.17, 15) is 4.79 Å². The summed E-state index contributed by atoms with van der Waals surface area (Å²) in [6, 6.07) is 3.57. The first-order valence-corrected chi connectivity index (χ1v) is 6.74. The second kappa shape index (κ2) is 6.52. The highest BCUT2D eigenvalue weighted by Crippen LogP contribution is 2.15. The molecule has 1 aromatic rings. The van der Waals surface area contributed by atoms with Crippen molar-refractivity contribution >= 4 is 11.8 Å². The summed E-state index contributed by atoms with van der Waals surface area (Å²) in [6.07, 6.45) is 2.78. The Morgan fingerprint density at radius 1 is 1.58 bits per heavy atom. The number of pyridine rings is 1. The average molecular weight is 263 g/mol. The molecule has 2 heterocycles. The van der Waals surface area contributed by atoms with E-state index in [4.69, 9.17) is 4.74 Å². The molecule has 2 rings (SSSR count). The molecule has 1 N–H and O–H groups in total. The van der Waals surface area contributed by atoms with E-state index in [1.807, 2.05) is 6.07 Å². The molecule has 19 heavy (non-hydrogen) atoms. The van der Waals surface area contributed by atoms with E-state index < -0.39 is 0 Å². The van der Waals surface area contributed by atoms with E-state index >= 15 is 0 Å². The molecular formula is C14H21N3O2. The number of hydrogen-bond acceptors (Lipinski definition) is 5. The molecule has 0 saturated carbocycles. The number of hydrogen-bond donors (Lipinski definition) is 1. The highest BCUT2D eigenvalue weighted by atomic mass is 16.5. The van der Waals surface area contributed by atoms with Crippen LogP contribution in [0.15, 0.2) is 18.3 Å². The fourth-order valence-corrected chi connectivity index (χ4v) is 2.28. The molecular weight excluding hydrogens is 242 g/mol. The first-order chi connectivity index (χ1) is 9.19. The Balaban J connectivity index is 1.83. The van der Waals surface area contributed by atoms with Crippen molar-refractivity contribution in [2.45, 2.75) is 13.3 Å². The van der Waals surface area contributed by atoms with Gasteiger partial charge in [0, 0.05) is 19.3 Å². The summed E-state index contributed by atoms with van der Waals surface area (Å²) in [5, 5.41) is 3.32. The minimum atomic E-state index is -0.320. The molecule has 0 radical (unpaired) electrons. The Bertz CT molecular complexity index is 419. The molecule has 0 aliphatic carbocycles. The highest BCUT2D eigenvalue weighted by molar-refractivity contribution is 5.89. The predicted octanol–water partition coefficient (Wildman–Crippen LogP) is 1.62. The molecule has 1 aliphatic rings. The lowest BCUT2D eigenvalue weighted by Gasteiger charge is -2.12. The Kier molecular flexibility index (Phi) is 4.74. The van der Waals surface area contributed by atoms with Crippen LogP contribution in [0.5, 0.6) is 0 Å². The summed E-state index contributed by atoms with van der Waals surface area (Å²) in [6.45, 7) is 5.40. The number of esters is 1. The molecule has 1 aliphatic heterocycles. The number of nitrogens with zero attached hydrogens (tertiary/aromatic N) is 2. The van der Waals surface area contributed by atoms with Crippen molar-refractivity contribution in [2.75, 3.05) is 38.6 Å². The molecule has 0 aromatic carbocycles. The Morgan fingerprint density at radius 2 is 2.42 bits per heavy atom. The number of anilines is 1. The van der Waals surface area contributed by atoms with Crippen molar-refractivity contribution in [1.82, 2.24) is 9.88 Å². The smallest absolute Gasteiger partial charge is 0.339 e. The number of carbonyl (C=O) groups excluding carboxylic acids is 1. The third-order valence-electron chi connectivity index (χ3n) is 3.34. The van der Waals surface area contributed by atoms with E-state index in [0.29, 0.717) is 18.1 Å². The Labute approximate surface area is 114 Å². The maximum Gasteiger partial charge on any atom is 0.339 e. The maximum atomic E-state index is 11.5. The summed E-state index contributed by atoms with van der Waals surface area (Å²) < 4.78 is 4.92. The van der Waals surface area contributed by atoms with Crippen molar-refractivity contribution in [3.63, 3.8) is 0 Å². The zero-order chi connectivity index (χ0) is 13.7. The number of rotatable bonds is 5. The normalized spacial score (nSPS) is 19.4. The van der Waals surface area contributed by atoms with E-state index in [1.54, 1.807) is 19.2 Å². The maximum absolute atomic E-state index is 11.5. The van der Waals surface area contributed by atoms with Crippen molar-refractivity contribution in [3.8, 4) is 0 Å². The van der Waals surface area contributed by atoms with E-state index in [1.165, 1.54) is 13.0 Å². The van der Waals surface area contributed by atoms with Crippen LogP contribution in [0.1, 0.15) is 23.7 Å². The van der Waals surface area contributed by atoms with Gasteiger partial charge in [0.05, 0.1) is 12.2 Å². The van der Waals surface area contributed by atoms with Crippen molar-refractivity contribution in [3.05, 3.63) is 23.9 Å². The van der Waals surface area contributed by atoms with E-state index in [2.05, 4.69) is 22.2 Å². The van der Waals surface area contributed by atoms with Crippen LogP contribution in [0.25, 0.3) is 0 Å². The second-order valence-corrected chi connectivity index (χ2v) is 4.95. The van der Waals surface area contributed by atoms with Gasteiger partial charge in [0.25, 0.3) is 0 Å². The minimum absolute atomic E-state index is 0.320. The Morgan fingerprint density at radius 3 is 3.00 bits per heavy atom. The second-order valence-electron chi connectivity index (χ2n) is 4.95. The van der Waals surface area contributed by atoms with Crippen molar-refractivity contribution < 1.29 is 9.53 Å². The third kappa shape index (κ3) is 3.92. The monoisotopic (exact) mass is 263 g/mol. The minimum Gasteiger partial charge on any atom is -0.462 e. The largest absolute Gasteiger partial charge is 0.462 e. The molecule has 5 heteroatoms. The van der Waals surface area contributed by atoms with Crippen LogP contribution in [0, 0.1) is 5.92 Å². The molecule has 1 fully saturated rings. The third-order valence-corrected chi connectivity index (χ3v) is 3.34. The fraction of sp³-hybridized carbons (Fsp3) is 0.571. The van der Waals surface area contributed by atoms with Gasteiger partial charge in [0.2, 0.25) is 0 Å². The van der Waals surface area contributed by atoms with Gasteiger partial charge in [-0.05, 0) is 45.0 Å². The van der Waals surface area contributed by atoms with Crippen LogP contribution in [0.4, 0.5) is 5.82 Å². The van der Waals surface area contributed by atoms with Crippen LogP contribution in [0.2, 0.25) is 0 Å². The molecule has 104 valence electrons. The van der Waals surface area contributed by atoms with Crippen LogP contribution in [-0.2, 0) is 4.74 Å². The molecule has 0 amide bonds. The number of ether oxygens (including phenoxy) is 1. The quantitative estimate of drug-likeness (QED) is 0.818. The molecule has 1 aromatic heterocycles. The standard InChI is InChI=1S/C14H21N3O2/c1-3-19-14(18)12-4-5-13(16-9-12)15-8-11-6-7-17(2)10-11/h4-5,9,11H,3,6-8,10H2,1-2H3,(H,15,16). The van der Waals surface area contributed by atoms with Crippen LogP contribution in [0.3, 0.4) is 0 Å². The number of nitrogens with one attached hydrogen (secondary N) is 1. The number of aromatic nitrogens is 1. The molecule has 0 spiro atoms. The highest BCUT2D eigenvalue weighted by Gasteiger charge is 2.18.